The van der Waals surface area contributed by atoms with Crippen LogP contribution in [-0.2, 0) is 0 Å². The number of halogens is 9. The number of rotatable bonds is 2. The lowest BCUT2D eigenvalue weighted by Crippen LogP contribution is -2.59. The van der Waals surface area contributed by atoms with Crippen molar-refractivity contribution in [1.82, 2.24) is 0 Å². The fraction of sp³-hybridized carbons (Fsp3) is 0.800. The van der Waals surface area contributed by atoms with Gasteiger partial charge in [0.15, 0.2) is 0 Å². The topological polar surface area (TPSA) is 0 Å². The van der Waals surface area contributed by atoms with Crippen molar-refractivity contribution in [2.24, 2.45) is 0 Å². The molecule has 0 unspecified atom stereocenters. The van der Waals surface area contributed by atoms with Gasteiger partial charge in [-0.25, -0.2) is 0 Å². The lowest BCUT2D eigenvalue weighted by atomic mass is 10.1. The maximum Gasteiger partial charge on any atom is 0.460 e. The van der Waals surface area contributed by atoms with Crippen LogP contribution in [0, 0.1) is 6.92 Å². The molecule has 0 heterocycles. The SMILES string of the molecule is [CH2]C(F)(F)C(F)(F)C(F)(F)C(F)(F)F. The molecule has 0 N–H and O–H groups in total. The molecule has 0 saturated heterocycles. The predicted molar refractivity (Wildman–Crippen MR) is 26.3 cm³/mol. The van der Waals surface area contributed by atoms with Crippen LogP contribution in [-0.4, -0.2) is 23.9 Å². The van der Waals surface area contributed by atoms with E-state index >= 15 is 0 Å². The summed E-state index contributed by atoms with van der Waals surface area (Å²) in [5, 5.41) is 0. The molecule has 9 heteroatoms. The molecule has 0 atom stereocenters. The summed E-state index contributed by atoms with van der Waals surface area (Å²) in [5.41, 5.74) is 0. The summed E-state index contributed by atoms with van der Waals surface area (Å²) >= 11 is 0. The molecule has 0 amide bonds. The van der Waals surface area contributed by atoms with Crippen LogP contribution < -0.4 is 0 Å². The quantitative estimate of drug-likeness (QED) is 0.642. The van der Waals surface area contributed by atoms with E-state index in [-0.39, 0.29) is 0 Å². The second kappa shape index (κ2) is 2.93. The molecule has 0 aromatic rings. The third kappa shape index (κ3) is 1.76. The second-order valence-corrected chi connectivity index (χ2v) is 2.35. The van der Waals surface area contributed by atoms with Gasteiger partial charge in [-0.2, -0.15) is 39.5 Å². The van der Waals surface area contributed by atoms with Crippen LogP contribution in [0.4, 0.5) is 39.5 Å². The maximum atomic E-state index is 11.9. The van der Waals surface area contributed by atoms with E-state index in [2.05, 4.69) is 0 Å². The fourth-order valence-corrected chi connectivity index (χ4v) is 0.408. The Morgan fingerprint density at radius 1 is 0.571 bits per heavy atom. The summed E-state index contributed by atoms with van der Waals surface area (Å²) in [7, 11) is 0. The number of alkyl halides is 9. The first kappa shape index (κ1) is 13.4. The first-order chi connectivity index (χ1) is 5.75. The van der Waals surface area contributed by atoms with Crippen molar-refractivity contribution in [2.45, 2.75) is 23.9 Å². The van der Waals surface area contributed by atoms with Crippen LogP contribution >= 0.6 is 0 Å². The van der Waals surface area contributed by atoms with Gasteiger partial charge in [-0.1, -0.05) is 0 Å². The van der Waals surface area contributed by atoms with Gasteiger partial charge in [-0.05, 0) is 0 Å². The van der Waals surface area contributed by atoms with Crippen LogP contribution in [0.2, 0.25) is 0 Å². The first-order valence-corrected chi connectivity index (χ1v) is 2.80. The molecule has 0 aliphatic carbocycles. The molecule has 85 valence electrons. The van der Waals surface area contributed by atoms with Gasteiger partial charge >= 0.3 is 23.9 Å². The van der Waals surface area contributed by atoms with Crippen molar-refractivity contribution in [3.05, 3.63) is 6.92 Å². The van der Waals surface area contributed by atoms with E-state index in [4.69, 9.17) is 0 Å². The van der Waals surface area contributed by atoms with Gasteiger partial charge in [-0.15, -0.1) is 0 Å². The van der Waals surface area contributed by atoms with E-state index in [1.54, 1.807) is 0 Å². The summed E-state index contributed by atoms with van der Waals surface area (Å²) in [5.74, 6) is -19.1. The number of hydrogen-bond acceptors (Lipinski definition) is 0. The molecule has 0 aromatic heterocycles. The molecule has 0 aromatic carbocycles. The highest BCUT2D eigenvalue weighted by Gasteiger charge is 2.80. The molecule has 0 aliphatic heterocycles. The summed E-state index contributed by atoms with van der Waals surface area (Å²) in [6, 6.07) is 0. The van der Waals surface area contributed by atoms with Crippen molar-refractivity contribution >= 4 is 0 Å². The Morgan fingerprint density at radius 3 is 0.929 bits per heavy atom. The van der Waals surface area contributed by atoms with Crippen molar-refractivity contribution in [3.63, 3.8) is 0 Å². The van der Waals surface area contributed by atoms with E-state index in [0.29, 0.717) is 0 Å². The molecule has 14 heavy (non-hydrogen) atoms. The van der Waals surface area contributed by atoms with Gasteiger partial charge in [0.1, 0.15) is 0 Å². The van der Waals surface area contributed by atoms with E-state index in [0.717, 1.165) is 0 Å². The zero-order valence-electron chi connectivity index (χ0n) is 6.11. The molecule has 0 nitrogen and oxygen atoms in total. The molecular weight excluding hydrogens is 231 g/mol. The largest absolute Gasteiger partial charge is 0.460 e. The van der Waals surface area contributed by atoms with Crippen molar-refractivity contribution in [1.29, 1.82) is 0 Å². The van der Waals surface area contributed by atoms with Gasteiger partial charge < -0.3 is 0 Å². The van der Waals surface area contributed by atoms with Gasteiger partial charge in [0.2, 0.25) is 0 Å². The molecule has 0 rings (SSSR count). The fourth-order valence-electron chi connectivity index (χ4n) is 0.408. The van der Waals surface area contributed by atoms with Crippen molar-refractivity contribution < 1.29 is 39.5 Å². The molecule has 0 aliphatic rings. The van der Waals surface area contributed by atoms with E-state index < -0.39 is 23.9 Å². The van der Waals surface area contributed by atoms with Gasteiger partial charge in [0.05, 0.1) is 0 Å². The van der Waals surface area contributed by atoms with Gasteiger partial charge in [0, 0.05) is 6.92 Å². The molecule has 1 radical (unpaired) electrons. The van der Waals surface area contributed by atoms with E-state index in [1.807, 2.05) is 0 Å². The van der Waals surface area contributed by atoms with Gasteiger partial charge in [-0.3, -0.25) is 0 Å². The smallest absolute Gasteiger partial charge is 0.200 e. The highest BCUT2D eigenvalue weighted by molar-refractivity contribution is 5.01. The van der Waals surface area contributed by atoms with Gasteiger partial charge in [0.25, 0.3) is 0 Å². The van der Waals surface area contributed by atoms with Crippen LogP contribution in [0.1, 0.15) is 0 Å². The Kier molecular flexibility index (Phi) is 2.80. The highest BCUT2D eigenvalue weighted by Crippen LogP contribution is 2.52. The average molecular weight is 233 g/mol. The molecular formula is C5H2F9. The number of hydrogen-bond donors (Lipinski definition) is 0. The Hall–Kier alpha value is -0.630. The predicted octanol–water partition coefficient (Wildman–Crippen LogP) is 3.29. The Balaban J connectivity index is 5.30. The average Bonchev–Trinajstić information content (AvgIpc) is 1.81. The summed E-state index contributed by atoms with van der Waals surface area (Å²) in [4.78, 5) is 0. The van der Waals surface area contributed by atoms with Crippen LogP contribution in [0.15, 0.2) is 0 Å². The van der Waals surface area contributed by atoms with Crippen molar-refractivity contribution in [3.8, 4) is 0 Å². The second-order valence-electron chi connectivity index (χ2n) is 2.35. The Bertz CT molecular complexity index is 182. The summed E-state index contributed by atoms with van der Waals surface area (Å²) in [6.07, 6.45) is -6.77. The standard InChI is InChI=1S/C5H2F9/c1-2(6,7)3(8,9)4(10,11)5(12,13)14/h1H2. The van der Waals surface area contributed by atoms with Crippen molar-refractivity contribution in [2.75, 3.05) is 0 Å². The summed E-state index contributed by atoms with van der Waals surface area (Å²) < 4.78 is 105. The Labute approximate surface area is 71.7 Å². The first-order valence-electron chi connectivity index (χ1n) is 2.80. The Morgan fingerprint density at radius 2 is 0.857 bits per heavy atom. The van der Waals surface area contributed by atoms with Crippen LogP contribution in [0.5, 0.6) is 0 Å². The maximum absolute atomic E-state index is 11.9. The van der Waals surface area contributed by atoms with Crippen LogP contribution in [0.25, 0.3) is 0 Å². The molecule has 0 fully saturated rings. The highest BCUT2D eigenvalue weighted by atomic mass is 19.4. The molecule has 0 bridgehead atoms. The van der Waals surface area contributed by atoms with E-state index in [1.165, 1.54) is 6.92 Å². The third-order valence-corrected chi connectivity index (χ3v) is 1.21. The van der Waals surface area contributed by atoms with Crippen LogP contribution in [0.3, 0.4) is 0 Å². The minimum absolute atomic E-state index is 1.26. The monoisotopic (exact) mass is 233 g/mol. The third-order valence-electron chi connectivity index (χ3n) is 1.21. The lowest BCUT2D eigenvalue weighted by molar-refractivity contribution is -0.388. The lowest BCUT2D eigenvalue weighted by Gasteiger charge is -2.31. The molecule has 0 spiro atoms. The zero-order chi connectivity index (χ0) is 12.0. The minimum atomic E-state index is -6.83. The van der Waals surface area contributed by atoms with E-state index in [9.17, 15) is 39.5 Å². The normalized spacial score (nSPS) is 15.9. The molecule has 0 saturated carbocycles. The summed E-state index contributed by atoms with van der Waals surface area (Å²) in [6.45, 7) is 1.26. The minimum Gasteiger partial charge on any atom is -0.200 e. The zero-order valence-corrected chi connectivity index (χ0v) is 6.11.